The normalized spacial score (nSPS) is 10.9. The van der Waals surface area contributed by atoms with Gasteiger partial charge in [0.2, 0.25) is 5.91 Å². The van der Waals surface area contributed by atoms with Crippen molar-refractivity contribution in [3.8, 4) is 0 Å². The summed E-state index contributed by atoms with van der Waals surface area (Å²) in [7, 11) is 1.14. The molecule has 1 N–H and O–H groups in total. The fraction of sp³-hybridized carbons (Fsp3) is 0.273. The third kappa shape index (κ3) is 4.08. The molecular formula is C11H10F3NO3. The Labute approximate surface area is 101 Å². The number of rotatable bonds is 3. The molecule has 1 amide bonds. The van der Waals surface area contributed by atoms with Crippen molar-refractivity contribution in [2.75, 3.05) is 12.4 Å². The molecule has 0 aromatic heterocycles. The van der Waals surface area contributed by atoms with E-state index in [2.05, 4.69) is 4.74 Å². The van der Waals surface area contributed by atoms with Crippen LogP contribution in [-0.2, 0) is 9.53 Å². The zero-order chi connectivity index (χ0) is 13.8. The van der Waals surface area contributed by atoms with Gasteiger partial charge in [0.1, 0.15) is 6.42 Å². The predicted octanol–water partition coefficient (Wildman–Crippen LogP) is 2.36. The van der Waals surface area contributed by atoms with Gasteiger partial charge in [-0.15, -0.1) is 0 Å². The number of carbonyl (C=O) groups is 2. The smallest absolute Gasteiger partial charge is 0.397 e. The lowest BCUT2D eigenvalue weighted by molar-refractivity contribution is -0.150. The zero-order valence-corrected chi connectivity index (χ0v) is 9.38. The van der Waals surface area contributed by atoms with E-state index in [1.807, 2.05) is 5.32 Å². The van der Waals surface area contributed by atoms with Crippen molar-refractivity contribution in [1.82, 2.24) is 0 Å². The molecule has 7 heteroatoms. The molecule has 0 aliphatic rings. The Morgan fingerprint density at radius 2 is 1.89 bits per heavy atom. The fourth-order valence-electron chi connectivity index (χ4n) is 1.26. The van der Waals surface area contributed by atoms with Gasteiger partial charge in [0.05, 0.1) is 18.4 Å². The lowest BCUT2D eigenvalue weighted by Gasteiger charge is -2.10. The van der Waals surface area contributed by atoms with Gasteiger partial charge in [-0.25, -0.2) is 4.79 Å². The minimum Gasteiger partial charge on any atom is -0.465 e. The molecule has 0 bridgehead atoms. The topological polar surface area (TPSA) is 55.4 Å². The summed E-state index contributed by atoms with van der Waals surface area (Å²) in [4.78, 5) is 22.4. The molecule has 0 atom stereocenters. The second kappa shape index (κ2) is 5.52. The molecule has 1 aromatic rings. The van der Waals surface area contributed by atoms with E-state index in [-0.39, 0.29) is 11.3 Å². The highest BCUT2D eigenvalue weighted by Gasteiger charge is 2.31. The van der Waals surface area contributed by atoms with Crippen molar-refractivity contribution in [3.63, 3.8) is 0 Å². The molecule has 1 aromatic carbocycles. The lowest BCUT2D eigenvalue weighted by Crippen LogP contribution is -2.22. The quantitative estimate of drug-likeness (QED) is 0.850. The predicted molar refractivity (Wildman–Crippen MR) is 57.1 cm³/mol. The molecule has 4 nitrogen and oxygen atoms in total. The lowest BCUT2D eigenvalue weighted by atomic mass is 10.1. The first-order valence-electron chi connectivity index (χ1n) is 4.87. The maximum absolute atomic E-state index is 12.0. The highest BCUT2D eigenvalue weighted by atomic mass is 19.4. The van der Waals surface area contributed by atoms with Crippen LogP contribution in [0.5, 0.6) is 0 Å². The van der Waals surface area contributed by atoms with Crippen LogP contribution >= 0.6 is 0 Å². The summed E-state index contributed by atoms with van der Waals surface area (Å²) in [5.41, 5.74) is -0.0193. The Morgan fingerprint density at radius 3 is 2.44 bits per heavy atom. The molecule has 18 heavy (non-hydrogen) atoms. The van der Waals surface area contributed by atoms with Crippen molar-refractivity contribution in [3.05, 3.63) is 29.8 Å². The number of esters is 1. The first-order valence-corrected chi connectivity index (χ1v) is 4.87. The maximum atomic E-state index is 12.0. The van der Waals surface area contributed by atoms with E-state index in [9.17, 15) is 22.8 Å². The standard InChI is InChI=1S/C11H10F3NO3/c1-18-10(17)7-4-2-3-5-8(7)15-9(16)6-11(12,13)14/h2-5H,6H2,1H3,(H,15,16). The minimum absolute atomic E-state index is 0.00414. The molecule has 0 radical (unpaired) electrons. The largest absolute Gasteiger partial charge is 0.465 e. The second-order valence-electron chi connectivity index (χ2n) is 3.38. The molecule has 0 fully saturated rings. The van der Waals surface area contributed by atoms with Crippen molar-refractivity contribution in [1.29, 1.82) is 0 Å². The monoisotopic (exact) mass is 261 g/mol. The fourth-order valence-corrected chi connectivity index (χ4v) is 1.26. The zero-order valence-electron chi connectivity index (χ0n) is 9.38. The first-order chi connectivity index (χ1) is 8.33. The molecule has 0 saturated carbocycles. The second-order valence-corrected chi connectivity index (χ2v) is 3.38. The molecule has 0 saturated heterocycles. The van der Waals surface area contributed by atoms with Crippen LogP contribution in [0, 0.1) is 0 Å². The van der Waals surface area contributed by atoms with Gasteiger partial charge in [0.25, 0.3) is 0 Å². The number of benzene rings is 1. The number of ether oxygens (including phenoxy) is 1. The van der Waals surface area contributed by atoms with E-state index in [1.54, 1.807) is 0 Å². The molecule has 0 aliphatic carbocycles. The van der Waals surface area contributed by atoms with Crippen LogP contribution in [0.1, 0.15) is 16.8 Å². The third-order valence-electron chi connectivity index (χ3n) is 1.97. The van der Waals surface area contributed by atoms with E-state index >= 15 is 0 Å². The third-order valence-corrected chi connectivity index (χ3v) is 1.97. The summed E-state index contributed by atoms with van der Waals surface area (Å²) in [5.74, 6) is -1.98. The first kappa shape index (κ1) is 14.0. The average molecular weight is 261 g/mol. The SMILES string of the molecule is COC(=O)c1ccccc1NC(=O)CC(F)(F)F. The van der Waals surface area contributed by atoms with Crippen LogP contribution < -0.4 is 5.32 Å². The van der Waals surface area contributed by atoms with Crippen molar-refractivity contribution in [2.24, 2.45) is 0 Å². The van der Waals surface area contributed by atoms with Crippen LogP contribution in [-0.4, -0.2) is 25.2 Å². The maximum Gasteiger partial charge on any atom is 0.397 e. The van der Waals surface area contributed by atoms with Crippen LogP contribution in [0.3, 0.4) is 0 Å². The summed E-state index contributed by atoms with van der Waals surface area (Å²) < 4.78 is 40.4. The molecule has 98 valence electrons. The molecule has 0 heterocycles. The van der Waals surface area contributed by atoms with E-state index in [4.69, 9.17) is 0 Å². The summed E-state index contributed by atoms with van der Waals surface area (Å²) in [6.07, 6.45) is -6.20. The number of nitrogens with one attached hydrogen (secondary N) is 1. The number of hydrogen-bond donors (Lipinski definition) is 1. The molecule has 0 spiro atoms. The number of halogens is 3. The van der Waals surface area contributed by atoms with Crippen LogP contribution in [0.15, 0.2) is 24.3 Å². The summed E-state index contributed by atoms with van der Waals surface area (Å²) in [5, 5.41) is 2.02. The number of para-hydroxylation sites is 1. The van der Waals surface area contributed by atoms with Crippen molar-refractivity contribution < 1.29 is 27.5 Å². The Bertz CT molecular complexity index is 457. The minimum atomic E-state index is -4.59. The van der Waals surface area contributed by atoms with Gasteiger partial charge in [0.15, 0.2) is 0 Å². The van der Waals surface area contributed by atoms with Gasteiger partial charge < -0.3 is 10.1 Å². The number of hydrogen-bond acceptors (Lipinski definition) is 3. The average Bonchev–Trinajstić information content (AvgIpc) is 2.26. The van der Waals surface area contributed by atoms with Crippen LogP contribution in [0.25, 0.3) is 0 Å². The Morgan fingerprint density at radius 1 is 1.28 bits per heavy atom. The Balaban J connectivity index is 2.85. The van der Waals surface area contributed by atoms with Crippen LogP contribution in [0.2, 0.25) is 0 Å². The van der Waals surface area contributed by atoms with Crippen LogP contribution in [0.4, 0.5) is 18.9 Å². The summed E-state index contributed by atoms with van der Waals surface area (Å²) >= 11 is 0. The molecule has 1 rings (SSSR count). The van der Waals surface area contributed by atoms with E-state index < -0.39 is 24.5 Å². The van der Waals surface area contributed by atoms with Gasteiger partial charge in [-0.3, -0.25) is 4.79 Å². The highest BCUT2D eigenvalue weighted by Crippen LogP contribution is 2.22. The molecule has 0 unspecified atom stereocenters. The van der Waals surface area contributed by atoms with Gasteiger partial charge in [-0.2, -0.15) is 13.2 Å². The summed E-state index contributed by atoms with van der Waals surface area (Å²) in [6, 6.07) is 5.65. The summed E-state index contributed by atoms with van der Waals surface area (Å²) in [6.45, 7) is 0. The molecule has 0 aliphatic heterocycles. The molecular weight excluding hydrogens is 251 g/mol. The Kier molecular flexibility index (Phi) is 4.30. The van der Waals surface area contributed by atoms with Gasteiger partial charge >= 0.3 is 12.1 Å². The Hall–Kier alpha value is -2.05. The van der Waals surface area contributed by atoms with Crippen molar-refractivity contribution >= 4 is 17.6 Å². The number of carbonyl (C=O) groups excluding carboxylic acids is 2. The number of anilines is 1. The van der Waals surface area contributed by atoms with E-state index in [0.29, 0.717) is 0 Å². The number of alkyl halides is 3. The van der Waals surface area contributed by atoms with Gasteiger partial charge in [0, 0.05) is 0 Å². The van der Waals surface area contributed by atoms with E-state index in [1.165, 1.54) is 24.3 Å². The van der Waals surface area contributed by atoms with E-state index in [0.717, 1.165) is 7.11 Å². The van der Waals surface area contributed by atoms with Gasteiger partial charge in [-0.05, 0) is 12.1 Å². The highest BCUT2D eigenvalue weighted by molar-refractivity contribution is 6.01. The van der Waals surface area contributed by atoms with Crippen molar-refractivity contribution in [2.45, 2.75) is 12.6 Å². The number of amides is 1. The van der Waals surface area contributed by atoms with Gasteiger partial charge in [-0.1, -0.05) is 12.1 Å². The number of methoxy groups -OCH3 is 1.